The predicted octanol–water partition coefficient (Wildman–Crippen LogP) is 2.35. The van der Waals surface area contributed by atoms with Gasteiger partial charge >= 0.3 is 0 Å². The Hall–Kier alpha value is -2.27. The summed E-state index contributed by atoms with van der Waals surface area (Å²) in [6.07, 6.45) is 0. The summed E-state index contributed by atoms with van der Waals surface area (Å²) in [6, 6.07) is 10.3. The van der Waals surface area contributed by atoms with Crippen molar-refractivity contribution in [3.05, 3.63) is 70.8 Å². The Kier molecular flexibility index (Phi) is 4.42. The summed E-state index contributed by atoms with van der Waals surface area (Å²) in [5.41, 5.74) is 6.40. The molecule has 0 aromatic heterocycles. The van der Waals surface area contributed by atoms with Gasteiger partial charge in [-0.25, -0.2) is 8.78 Å². The van der Waals surface area contributed by atoms with Gasteiger partial charge in [0.2, 0.25) is 5.91 Å². The number of nitrogens with one attached hydrogen (secondary N) is 1. The van der Waals surface area contributed by atoms with Crippen LogP contribution in [-0.2, 0) is 13.1 Å². The molecule has 104 valence electrons. The average molecular weight is 276 g/mol. The Morgan fingerprint density at radius 2 is 1.90 bits per heavy atom. The van der Waals surface area contributed by atoms with E-state index in [2.05, 4.69) is 5.32 Å². The van der Waals surface area contributed by atoms with Gasteiger partial charge in [0.15, 0.2) is 0 Å². The Labute approximate surface area is 115 Å². The summed E-state index contributed by atoms with van der Waals surface area (Å²) >= 11 is 0. The van der Waals surface area contributed by atoms with E-state index < -0.39 is 11.7 Å². The summed E-state index contributed by atoms with van der Waals surface area (Å²) in [4.78, 5) is 10.9. The third kappa shape index (κ3) is 3.61. The van der Waals surface area contributed by atoms with Crippen LogP contribution in [0.2, 0.25) is 0 Å². The number of rotatable bonds is 5. The molecule has 2 aromatic rings. The number of carbonyl (C=O) groups is 1. The number of halogens is 2. The van der Waals surface area contributed by atoms with Gasteiger partial charge in [0.05, 0.1) is 0 Å². The molecule has 20 heavy (non-hydrogen) atoms. The van der Waals surface area contributed by atoms with Gasteiger partial charge < -0.3 is 11.1 Å². The van der Waals surface area contributed by atoms with Crippen LogP contribution in [0.1, 0.15) is 21.5 Å². The fourth-order valence-electron chi connectivity index (χ4n) is 1.83. The SMILES string of the molecule is NC(=O)c1ccc(CNCc2cccc(F)c2)c(F)c1. The maximum atomic E-state index is 13.7. The lowest BCUT2D eigenvalue weighted by Gasteiger charge is -2.07. The minimum absolute atomic E-state index is 0.136. The summed E-state index contributed by atoms with van der Waals surface area (Å²) in [6.45, 7) is 0.705. The maximum Gasteiger partial charge on any atom is 0.248 e. The zero-order valence-corrected chi connectivity index (χ0v) is 10.7. The summed E-state index contributed by atoms with van der Waals surface area (Å²) in [5, 5.41) is 3.01. The van der Waals surface area contributed by atoms with Gasteiger partial charge in [-0.05, 0) is 29.8 Å². The van der Waals surface area contributed by atoms with Gasteiger partial charge in [0.25, 0.3) is 0 Å². The Morgan fingerprint density at radius 3 is 2.55 bits per heavy atom. The Bertz CT molecular complexity index is 629. The van der Waals surface area contributed by atoms with Crippen LogP contribution in [0.5, 0.6) is 0 Å². The van der Waals surface area contributed by atoms with Crippen molar-refractivity contribution < 1.29 is 13.6 Å². The lowest BCUT2D eigenvalue weighted by Crippen LogP contribution is -2.15. The molecule has 0 radical (unpaired) electrons. The van der Waals surface area contributed by atoms with E-state index in [1.54, 1.807) is 12.1 Å². The van der Waals surface area contributed by atoms with Gasteiger partial charge in [0, 0.05) is 24.2 Å². The molecule has 5 heteroatoms. The van der Waals surface area contributed by atoms with Gasteiger partial charge in [-0.3, -0.25) is 4.79 Å². The third-order valence-corrected chi connectivity index (χ3v) is 2.87. The van der Waals surface area contributed by atoms with Crippen molar-refractivity contribution >= 4 is 5.91 Å². The highest BCUT2D eigenvalue weighted by Crippen LogP contribution is 2.10. The second-order valence-electron chi connectivity index (χ2n) is 4.40. The predicted molar refractivity (Wildman–Crippen MR) is 71.9 cm³/mol. The molecule has 0 aliphatic carbocycles. The highest BCUT2D eigenvalue weighted by molar-refractivity contribution is 5.92. The number of hydrogen-bond donors (Lipinski definition) is 2. The normalized spacial score (nSPS) is 10.5. The highest BCUT2D eigenvalue weighted by Gasteiger charge is 2.06. The van der Waals surface area contributed by atoms with Crippen molar-refractivity contribution in [2.24, 2.45) is 5.73 Å². The molecule has 0 aliphatic rings. The van der Waals surface area contributed by atoms with E-state index in [1.807, 2.05) is 0 Å². The molecule has 0 fully saturated rings. The zero-order valence-electron chi connectivity index (χ0n) is 10.7. The van der Waals surface area contributed by atoms with E-state index in [4.69, 9.17) is 5.73 Å². The second kappa shape index (κ2) is 6.25. The molecule has 0 bridgehead atoms. The van der Waals surface area contributed by atoms with E-state index in [-0.39, 0.29) is 17.9 Å². The molecular weight excluding hydrogens is 262 g/mol. The van der Waals surface area contributed by atoms with Crippen molar-refractivity contribution in [3.8, 4) is 0 Å². The summed E-state index contributed by atoms with van der Waals surface area (Å²) < 4.78 is 26.7. The average Bonchev–Trinajstić information content (AvgIpc) is 2.40. The molecule has 0 aliphatic heterocycles. The molecule has 2 aromatic carbocycles. The van der Waals surface area contributed by atoms with Gasteiger partial charge in [0.1, 0.15) is 11.6 Å². The van der Waals surface area contributed by atoms with Crippen LogP contribution in [0, 0.1) is 11.6 Å². The number of primary amides is 1. The Morgan fingerprint density at radius 1 is 1.10 bits per heavy atom. The van der Waals surface area contributed by atoms with Gasteiger partial charge in [-0.2, -0.15) is 0 Å². The molecule has 0 saturated heterocycles. The summed E-state index contributed by atoms with van der Waals surface area (Å²) in [7, 11) is 0. The van der Waals surface area contributed by atoms with Gasteiger partial charge in [-0.15, -0.1) is 0 Å². The van der Waals surface area contributed by atoms with Crippen LogP contribution in [0.25, 0.3) is 0 Å². The van der Waals surface area contributed by atoms with Crippen LogP contribution < -0.4 is 11.1 Å². The molecule has 0 atom stereocenters. The summed E-state index contributed by atoms with van der Waals surface area (Å²) in [5.74, 6) is -1.46. The monoisotopic (exact) mass is 276 g/mol. The van der Waals surface area contributed by atoms with Crippen molar-refractivity contribution in [2.45, 2.75) is 13.1 Å². The van der Waals surface area contributed by atoms with Crippen LogP contribution in [0.4, 0.5) is 8.78 Å². The zero-order chi connectivity index (χ0) is 14.5. The number of carbonyl (C=O) groups excluding carboxylic acids is 1. The highest BCUT2D eigenvalue weighted by atomic mass is 19.1. The van der Waals surface area contributed by atoms with Crippen molar-refractivity contribution in [2.75, 3.05) is 0 Å². The van der Waals surface area contributed by atoms with Gasteiger partial charge in [-0.1, -0.05) is 18.2 Å². The van der Waals surface area contributed by atoms with E-state index in [9.17, 15) is 13.6 Å². The fourth-order valence-corrected chi connectivity index (χ4v) is 1.83. The van der Waals surface area contributed by atoms with Crippen LogP contribution in [0.3, 0.4) is 0 Å². The smallest absolute Gasteiger partial charge is 0.248 e. The number of hydrogen-bond acceptors (Lipinski definition) is 2. The quantitative estimate of drug-likeness (QED) is 0.880. The molecule has 3 N–H and O–H groups in total. The molecule has 1 amide bonds. The molecule has 3 nitrogen and oxygen atoms in total. The number of amides is 1. The first-order valence-corrected chi connectivity index (χ1v) is 6.09. The second-order valence-corrected chi connectivity index (χ2v) is 4.40. The standard InChI is InChI=1S/C15H14F2N2O/c16-13-3-1-2-10(6-13)8-19-9-12-5-4-11(15(18)20)7-14(12)17/h1-7,19H,8-9H2,(H2,18,20). The van der Waals surface area contributed by atoms with Crippen LogP contribution in [-0.4, -0.2) is 5.91 Å². The van der Waals surface area contributed by atoms with E-state index >= 15 is 0 Å². The molecule has 0 spiro atoms. The molecule has 0 saturated carbocycles. The van der Waals surface area contributed by atoms with E-state index in [1.165, 1.54) is 24.3 Å². The molecule has 2 rings (SSSR count). The first-order chi connectivity index (χ1) is 9.56. The molecule has 0 heterocycles. The lowest BCUT2D eigenvalue weighted by molar-refractivity contribution is 0.1000. The van der Waals surface area contributed by atoms with Crippen LogP contribution >= 0.6 is 0 Å². The largest absolute Gasteiger partial charge is 0.366 e. The van der Waals surface area contributed by atoms with Crippen molar-refractivity contribution in [3.63, 3.8) is 0 Å². The van der Waals surface area contributed by atoms with Crippen LogP contribution in [0.15, 0.2) is 42.5 Å². The minimum Gasteiger partial charge on any atom is -0.366 e. The fraction of sp³-hybridized carbons (Fsp3) is 0.133. The third-order valence-electron chi connectivity index (χ3n) is 2.87. The first kappa shape index (κ1) is 14.1. The lowest BCUT2D eigenvalue weighted by atomic mass is 10.1. The topological polar surface area (TPSA) is 55.1 Å². The van der Waals surface area contributed by atoms with E-state index in [0.29, 0.717) is 12.1 Å². The maximum absolute atomic E-state index is 13.7. The van der Waals surface area contributed by atoms with E-state index in [0.717, 1.165) is 11.6 Å². The van der Waals surface area contributed by atoms with Crippen molar-refractivity contribution in [1.82, 2.24) is 5.32 Å². The minimum atomic E-state index is -0.664. The number of nitrogens with two attached hydrogens (primary N) is 1. The van der Waals surface area contributed by atoms with Crippen molar-refractivity contribution in [1.29, 1.82) is 0 Å². The number of benzene rings is 2. The Balaban J connectivity index is 1.96. The molecule has 0 unspecified atom stereocenters. The molecular formula is C15H14F2N2O. The first-order valence-electron chi connectivity index (χ1n) is 6.09.